The average molecular weight is 1020 g/mol. The second-order valence-electron chi connectivity index (χ2n) is 18.1. The fourth-order valence-corrected chi connectivity index (χ4v) is 9.22. The summed E-state index contributed by atoms with van der Waals surface area (Å²) < 4.78 is 31.4. The summed E-state index contributed by atoms with van der Waals surface area (Å²) in [5.41, 5.74) is 16.6. The molecule has 10 nitrogen and oxygen atoms in total. The number of carbonyl (C=O) groups excluding carboxylic acids is 1. The Morgan fingerprint density at radius 1 is 0.758 bits per heavy atom. The molecule has 66 heavy (non-hydrogen) atoms. The van der Waals surface area contributed by atoms with E-state index in [1.54, 1.807) is 0 Å². The maximum Gasteiger partial charge on any atom is 0.220 e. The highest BCUT2D eigenvalue weighted by Crippen LogP contribution is 2.48. The van der Waals surface area contributed by atoms with Crippen molar-refractivity contribution in [2.75, 3.05) is 83.9 Å². The highest BCUT2D eigenvalue weighted by Gasteiger charge is 2.44. The topological polar surface area (TPSA) is 108 Å². The minimum absolute atomic E-state index is 0. The number of carbonyl (C=O) groups is 1. The third-order valence-corrected chi connectivity index (χ3v) is 12.6. The molecular weight excluding hydrogens is 940 g/mol. The zero-order valence-corrected chi connectivity index (χ0v) is 42.6. The largest absolute Gasteiger partial charge is 1.00 e. The second kappa shape index (κ2) is 26.4. The molecule has 0 fully saturated rings. The fraction of sp³-hybridized carbons (Fsp3) is 0.491. The van der Waals surface area contributed by atoms with Gasteiger partial charge in [-0.3, -0.25) is 4.79 Å². The molecule has 2 aliphatic heterocycles. The van der Waals surface area contributed by atoms with E-state index < -0.39 is 0 Å². The molecule has 0 saturated carbocycles. The molecule has 0 bridgehead atoms. The Labute approximate surface area is 412 Å². The molecule has 2 heterocycles. The van der Waals surface area contributed by atoms with E-state index in [9.17, 15) is 4.79 Å². The van der Waals surface area contributed by atoms with Crippen LogP contribution in [0.15, 0.2) is 120 Å². The van der Waals surface area contributed by atoms with Crippen molar-refractivity contribution >= 4 is 23.0 Å². The van der Waals surface area contributed by atoms with E-state index in [1.807, 2.05) is 12.1 Å². The van der Waals surface area contributed by atoms with E-state index in [4.69, 9.17) is 29.4 Å². The number of benzene rings is 3. The number of rotatable bonds is 26. The van der Waals surface area contributed by atoms with E-state index in [0.29, 0.717) is 78.8 Å². The van der Waals surface area contributed by atoms with E-state index in [1.165, 1.54) is 45.1 Å². The summed E-state index contributed by atoms with van der Waals surface area (Å²) in [5.74, 6) is 1.72. The molecule has 0 saturated heterocycles. The fourth-order valence-electron chi connectivity index (χ4n) is 9.22. The monoisotopic (exact) mass is 1010 g/mol. The van der Waals surface area contributed by atoms with Gasteiger partial charge in [0.25, 0.3) is 0 Å². The van der Waals surface area contributed by atoms with Crippen LogP contribution in [-0.4, -0.2) is 95.2 Å². The number of ether oxygens (including phenoxy) is 5. The number of aryl methyl sites for hydroxylation is 1. The minimum atomic E-state index is -0.124. The predicted octanol–water partition coefficient (Wildman–Crippen LogP) is 6.64. The number of nitrogens with zero attached hydrogens (tertiary/aromatic N) is 2. The Morgan fingerprint density at radius 2 is 1.41 bits per heavy atom. The van der Waals surface area contributed by atoms with Crippen LogP contribution in [0.1, 0.15) is 96.8 Å². The van der Waals surface area contributed by atoms with Crippen molar-refractivity contribution in [3.05, 3.63) is 136 Å². The first-order chi connectivity index (χ1) is 31.6. The number of hydrogen-bond donors (Lipinski definition) is 2. The highest BCUT2D eigenvalue weighted by molar-refractivity contribution is 6.03. The molecule has 3 N–H and O–H groups in total. The van der Waals surface area contributed by atoms with Crippen molar-refractivity contribution in [2.45, 2.75) is 97.3 Å². The Morgan fingerprint density at radius 3 is 2.09 bits per heavy atom. The van der Waals surface area contributed by atoms with Gasteiger partial charge in [0.1, 0.15) is 18.1 Å². The van der Waals surface area contributed by atoms with Gasteiger partial charge in [-0.15, -0.1) is 0 Å². The zero-order valence-electron chi connectivity index (χ0n) is 40.5. The number of nitrogens with two attached hydrogens (primary N) is 1. The number of allylic oxidation sites excluding steroid dienone is 7. The molecule has 0 radical (unpaired) electrons. The molecule has 1 amide bonds. The Hall–Kier alpha value is -4.11. The zero-order chi connectivity index (χ0) is 46.1. The lowest BCUT2D eigenvalue weighted by Crippen LogP contribution is -3.00. The van der Waals surface area contributed by atoms with E-state index >= 15 is 0 Å². The molecule has 6 rings (SSSR count). The van der Waals surface area contributed by atoms with Crippen molar-refractivity contribution in [2.24, 2.45) is 5.73 Å². The van der Waals surface area contributed by atoms with Crippen LogP contribution in [0.5, 0.6) is 5.75 Å². The lowest BCUT2D eigenvalue weighted by atomic mass is 9.81. The predicted molar refractivity (Wildman–Crippen MR) is 264 cm³/mol. The summed E-state index contributed by atoms with van der Waals surface area (Å²) in [6.45, 7) is 20.8. The smallest absolute Gasteiger partial charge is 0.220 e. The van der Waals surface area contributed by atoms with Gasteiger partial charge in [0.05, 0.1) is 58.3 Å². The molecule has 358 valence electrons. The first-order valence-corrected chi connectivity index (χ1v) is 24.1. The SMILES string of the molecule is CCCN1/C(=C/C=C2\CCCC(/C=C/C3=[N+](CCC)c4ccccc4C3(C)C)=C2Oc2ccc(CCC(=O)NCCOCCOCCOCCOCCN)cc2)C(C)(C)c2ccccc21.[I-]. The molecule has 3 aromatic carbocycles. The maximum absolute atomic E-state index is 12.7. The van der Waals surface area contributed by atoms with Crippen LogP contribution in [0.4, 0.5) is 11.4 Å². The molecule has 1 aliphatic carbocycles. The summed E-state index contributed by atoms with van der Waals surface area (Å²) >= 11 is 0. The molecule has 0 unspecified atom stereocenters. The lowest BCUT2D eigenvalue weighted by molar-refractivity contribution is -0.437. The van der Waals surface area contributed by atoms with Crippen LogP contribution in [0.3, 0.4) is 0 Å². The number of fused-ring (bicyclic) bond motifs is 2. The normalized spacial score (nSPS) is 17.5. The van der Waals surface area contributed by atoms with Crippen LogP contribution in [0.2, 0.25) is 0 Å². The van der Waals surface area contributed by atoms with Crippen molar-refractivity contribution in [3.8, 4) is 5.75 Å². The molecule has 11 heteroatoms. The summed E-state index contributed by atoms with van der Waals surface area (Å²) in [4.78, 5) is 15.2. The number of amides is 1. The average Bonchev–Trinajstić information content (AvgIpc) is 3.65. The van der Waals surface area contributed by atoms with Gasteiger partial charge >= 0.3 is 0 Å². The Bertz CT molecular complexity index is 2190. The number of anilines is 1. The number of nitrogens with one attached hydrogen (secondary N) is 1. The number of halogens is 1. The van der Waals surface area contributed by atoms with Crippen LogP contribution in [-0.2, 0) is 41.0 Å². The van der Waals surface area contributed by atoms with Crippen molar-refractivity contribution in [1.82, 2.24) is 5.32 Å². The van der Waals surface area contributed by atoms with Gasteiger partial charge in [0.2, 0.25) is 11.6 Å². The number of hydrogen-bond acceptors (Lipinski definition) is 8. The van der Waals surface area contributed by atoms with Gasteiger partial charge in [-0.2, -0.15) is 4.58 Å². The minimum Gasteiger partial charge on any atom is -1.00 e. The van der Waals surface area contributed by atoms with Gasteiger partial charge in [-0.1, -0.05) is 82.3 Å². The quantitative estimate of drug-likeness (QED) is 0.0525. The van der Waals surface area contributed by atoms with Gasteiger partial charge in [0.15, 0.2) is 5.71 Å². The Kier molecular flexibility index (Phi) is 21.2. The molecule has 0 aromatic heterocycles. The van der Waals surface area contributed by atoms with E-state index in [0.717, 1.165) is 62.3 Å². The van der Waals surface area contributed by atoms with Crippen LogP contribution in [0.25, 0.3) is 0 Å². The summed E-state index contributed by atoms with van der Waals surface area (Å²) in [6.07, 6.45) is 15.4. The third-order valence-electron chi connectivity index (χ3n) is 12.6. The molecule has 0 spiro atoms. The maximum atomic E-state index is 12.7. The van der Waals surface area contributed by atoms with Gasteiger partial charge < -0.3 is 63.6 Å². The van der Waals surface area contributed by atoms with Crippen molar-refractivity contribution in [1.29, 1.82) is 0 Å². The van der Waals surface area contributed by atoms with Crippen molar-refractivity contribution in [3.63, 3.8) is 0 Å². The lowest BCUT2D eigenvalue weighted by Gasteiger charge is -2.27. The Balaban J connectivity index is 0.00000817. The first kappa shape index (κ1) is 52.9. The standard InChI is InChI=1S/C55H74N4O6.HI/c1-7-32-58-48-18-11-9-16-46(48)54(3,4)50(58)27-23-43-14-13-15-44(24-28-51-55(5,6)47-17-10-12-19-49(47)59(51)33-8-2)53(43)65-45-25-20-42(21-26-45)22-29-52(60)57-31-35-62-37-39-64-41-40-63-38-36-61-34-30-56;/h9-12,16-21,23-28H,7-8,13-15,22,29-41,56H2,1-6H3;1H. The second-order valence-corrected chi connectivity index (χ2v) is 18.1. The first-order valence-electron chi connectivity index (χ1n) is 24.1. The summed E-state index contributed by atoms with van der Waals surface area (Å²) in [7, 11) is 0. The summed E-state index contributed by atoms with van der Waals surface area (Å²) in [5, 5.41) is 2.97. The van der Waals surface area contributed by atoms with Gasteiger partial charge in [-0.25, -0.2) is 0 Å². The van der Waals surface area contributed by atoms with E-state index in [2.05, 4.69) is 141 Å². The van der Waals surface area contributed by atoms with Crippen molar-refractivity contribution < 1.29 is 57.0 Å². The number of para-hydroxylation sites is 2. The third kappa shape index (κ3) is 13.8. The summed E-state index contributed by atoms with van der Waals surface area (Å²) in [6, 6.07) is 25.9. The van der Waals surface area contributed by atoms with Crippen LogP contribution >= 0.6 is 0 Å². The van der Waals surface area contributed by atoms with Crippen LogP contribution < -0.4 is 44.7 Å². The van der Waals surface area contributed by atoms with E-state index in [-0.39, 0.29) is 40.7 Å². The van der Waals surface area contributed by atoms with Gasteiger partial charge in [-0.05, 0) is 98.6 Å². The highest BCUT2D eigenvalue weighted by atomic mass is 127. The van der Waals surface area contributed by atoms with Crippen LogP contribution in [0, 0.1) is 0 Å². The molecular formula is C55H75IN4O6. The molecule has 0 atom stereocenters. The van der Waals surface area contributed by atoms with Gasteiger partial charge in [0, 0.05) is 67.0 Å². The molecule has 3 aromatic rings. The molecule has 3 aliphatic rings.